The quantitative estimate of drug-likeness (QED) is 0.890. The number of rotatable bonds is 3. The molecule has 1 aromatic heterocycles. The molecule has 0 radical (unpaired) electrons. The molecule has 1 atom stereocenters. The zero-order chi connectivity index (χ0) is 14.0. The van der Waals surface area contributed by atoms with Gasteiger partial charge < -0.3 is 9.73 Å². The van der Waals surface area contributed by atoms with Gasteiger partial charge in [-0.25, -0.2) is 0 Å². The second-order valence-electron chi connectivity index (χ2n) is 5.73. The molecule has 0 amide bonds. The van der Waals surface area contributed by atoms with Crippen LogP contribution < -0.4 is 5.32 Å². The molecule has 1 heterocycles. The number of hydrogen-bond acceptors (Lipinski definition) is 2. The van der Waals surface area contributed by atoms with Gasteiger partial charge in [-0.1, -0.05) is 45.0 Å². The summed E-state index contributed by atoms with van der Waals surface area (Å²) >= 11 is 3.52. The van der Waals surface area contributed by atoms with Crippen molar-refractivity contribution in [3.05, 3.63) is 58.0 Å². The molecule has 0 saturated carbocycles. The van der Waals surface area contributed by atoms with Crippen molar-refractivity contribution >= 4 is 15.9 Å². The van der Waals surface area contributed by atoms with Gasteiger partial charge >= 0.3 is 0 Å². The van der Waals surface area contributed by atoms with E-state index >= 15 is 0 Å². The first-order chi connectivity index (χ1) is 8.93. The van der Waals surface area contributed by atoms with Crippen molar-refractivity contribution in [2.75, 3.05) is 7.05 Å². The molecule has 0 aliphatic carbocycles. The summed E-state index contributed by atoms with van der Waals surface area (Å²) in [6, 6.07) is 10.7. The molecule has 2 aromatic rings. The second kappa shape index (κ2) is 5.51. The number of furan rings is 1. The van der Waals surface area contributed by atoms with Crippen LogP contribution in [0.4, 0.5) is 0 Å². The van der Waals surface area contributed by atoms with Gasteiger partial charge in [0, 0.05) is 0 Å². The van der Waals surface area contributed by atoms with E-state index in [0.717, 1.165) is 10.2 Å². The lowest BCUT2D eigenvalue weighted by molar-refractivity contribution is 0.460. The van der Waals surface area contributed by atoms with E-state index in [1.165, 1.54) is 11.1 Å². The average Bonchev–Trinajstić information content (AvgIpc) is 2.76. The molecule has 2 rings (SSSR count). The van der Waals surface area contributed by atoms with Crippen LogP contribution in [-0.2, 0) is 5.41 Å². The summed E-state index contributed by atoms with van der Waals surface area (Å²) in [4.78, 5) is 0. The maximum absolute atomic E-state index is 5.56. The third-order valence-electron chi connectivity index (χ3n) is 3.31. The van der Waals surface area contributed by atoms with Gasteiger partial charge in [-0.05, 0) is 45.6 Å². The van der Waals surface area contributed by atoms with Crippen molar-refractivity contribution < 1.29 is 4.42 Å². The molecule has 1 unspecified atom stereocenters. The molecular weight excluding hydrogens is 302 g/mol. The van der Waals surface area contributed by atoms with Crippen molar-refractivity contribution in [1.82, 2.24) is 5.32 Å². The highest BCUT2D eigenvalue weighted by atomic mass is 79.9. The minimum Gasteiger partial charge on any atom is -0.466 e. The smallest absolute Gasteiger partial charge is 0.139 e. The Bertz CT molecular complexity index is 537. The fourth-order valence-electron chi connectivity index (χ4n) is 2.14. The van der Waals surface area contributed by atoms with Crippen LogP contribution in [0.1, 0.15) is 43.7 Å². The van der Waals surface area contributed by atoms with Crippen LogP contribution in [0.5, 0.6) is 0 Å². The maximum Gasteiger partial charge on any atom is 0.139 e. The molecule has 0 aliphatic rings. The van der Waals surface area contributed by atoms with E-state index in [-0.39, 0.29) is 11.5 Å². The molecule has 0 bridgehead atoms. The molecule has 0 fully saturated rings. The largest absolute Gasteiger partial charge is 0.466 e. The summed E-state index contributed by atoms with van der Waals surface area (Å²) in [5.41, 5.74) is 2.72. The zero-order valence-corrected chi connectivity index (χ0v) is 13.4. The van der Waals surface area contributed by atoms with Crippen molar-refractivity contribution in [2.45, 2.75) is 32.2 Å². The van der Waals surface area contributed by atoms with E-state index in [9.17, 15) is 0 Å². The minimum atomic E-state index is 0.0680. The molecule has 19 heavy (non-hydrogen) atoms. The molecule has 102 valence electrons. The fraction of sp³-hybridized carbons (Fsp3) is 0.375. The van der Waals surface area contributed by atoms with Gasteiger partial charge in [-0.2, -0.15) is 0 Å². The highest BCUT2D eigenvalue weighted by molar-refractivity contribution is 9.10. The summed E-state index contributed by atoms with van der Waals surface area (Å²) in [6.45, 7) is 6.67. The van der Waals surface area contributed by atoms with Crippen LogP contribution in [0.15, 0.2) is 45.5 Å². The number of benzene rings is 1. The summed E-state index contributed by atoms with van der Waals surface area (Å²) in [5.74, 6) is 0.908. The molecule has 2 nitrogen and oxygen atoms in total. The van der Waals surface area contributed by atoms with E-state index in [1.54, 1.807) is 6.26 Å². The summed E-state index contributed by atoms with van der Waals surface area (Å²) in [7, 11) is 1.94. The van der Waals surface area contributed by atoms with Crippen LogP contribution in [0.25, 0.3) is 0 Å². The molecule has 0 saturated heterocycles. The lowest BCUT2D eigenvalue weighted by atomic mass is 9.86. The number of halogens is 1. The van der Waals surface area contributed by atoms with Gasteiger partial charge in [0.1, 0.15) is 5.76 Å². The predicted molar refractivity (Wildman–Crippen MR) is 82.5 cm³/mol. The molecular formula is C16H20BrNO. The number of hydrogen-bond donors (Lipinski definition) is 1. The van der Waals surface area contributed by atoms with E-state index in [4.69, 9.17) is 4.42 Å². The molecule has 0 spiro atoms. The first-order valence-electron chi connectivity index (χ1n) is 6.44. The monoisotopic (exact) mass is 321 g/mol. The van der Waals surface area contributed by atoms with Crippen molar-refractivity contribution in [2.24, 2.45) is 0 Å². The third kappa shape index (κ3) is 3.10. The molecule has 0 aliphatic heterocycles. The summed E-state index contributed by atoms with van der Waals surface area (Å²) in [5, 5.41) is 3.30. The highest BCUT2D eigenvalue weighted by Crippen LogP contribution is 2.30. The first kappa shape index (κ1) is 14.4. The van der Waals surface area contributed by atoms with Crippen molar-refractivity contribution in [1.29, 1.82) is 0 Å². The van der Waals surface area contributed by atoms with Crippen LogP contribution in [0, 0.1) is 0 Å². The SMILES string of the molecule is CNC(c1ccc(C(C)(C)C)cc1)c1occc1Br. The van der Waals surface area contributed by atoms with Gasteiger partial charge in [0.25, 0.3) is 0 Å². The van der Waals surface area contributed by atoms with Gasteiger partial charge in [0.2, 0.25) is 0 Å². The van der Waals surface area contributed by atoms with Crippen LogP contribution in [0.2, 0.25) is 0 Å². The standard InChI is InChI=1S/C16H20BrNO/c1-16(2,3)12-7-5-11(6-8-12)14(18-4)15-13(17)9-10-19-15/h5-10,14,18H,1-4H3. The highest BCUT2D eigenvalue weighted by Gasteiger charge is 2.19. The lowest BCUT2D eigenvalue weighted by Gasteiger charge is -2.21. The van der Waals surface area contributed by atoms with Gasteiger partial charge in [-0.15, -0.1) is 0 Å². The maximum atomic E-state index is 5.56. The molecule has 1 aromatic carbocycles. The van der Waals surface area contributed by atoms with Gasteiger partial charge in [0.05, 0.1) is 16.8 Å². The predicted octanol–water partition coefficient (Wildman–Crippen LogP) is 4.65. The van der Waals surface area contributed by atoms with Crippen molar-refractivity contribution in [3.8, 4) is 0 Å². The Morgan fingerprint density at radius 3 is 2.16 bits per heavy atom. The Balaban J connectivity index is 2.33. The summed E-state index contributed by atoms with van der Waals surface area (Å²) < 4.78 is 6.55. The zero-order valence-electron chi connectivity index (χ0n) is 11.8. The third-order valence-corrected chi connectivity index (χ3v) is 3.96. The minimum absolute atomic E-state index is 0.0680. The molecule has 3 heteroatoms. The normalized spacial score (nSPS) is 13.5. The average molecular weight is 322 g/mol. The van der Waals surface area contributed by atoms with Crippen molar-refractivity contribution in [3.63, 3.8) is 0 Å². The van der Waals surface area contributed by atoms with E-state index < -0.39 is 0 Å². The van der Waals surface area contributed by atoms with E-state index in [0.29, 0.717) is 0 Å². The van der Waals surface area contributed by atoms with Gasteiger partial charge in [-0.3, -0.25) is 0 Å². The second-order valence-corrected chi connectivity index (χ2v) is 6.58. The Morgan fingerprint density at radius 1 is 1.11 bits per heavy atom. The fourth-order valence-corrected chi connectivity index (χ4v) is 2.57. The Labute approximate surface area is 123 Å². The van der Waals surface area contributed by atoms with Crippen LogP contribution >= 0.6 is 15.9 Å². The first-order valence-corrected chi connectivity index (χ1v) is 7.23. The molecule has 1 N–H and O–H groups in total. The van der Waals surface area contributed by atoms with E-state index in [1.807, 2.05) is 13.1 Å². The van der Waals surface area contributed by atoms with Crippen LogP contribution in [-0.4, -0.2) is 7.05 Å². The topological polar surface area (TPSA) is 25.2 Å². The van der Waals surface area contributed by atoms with Crippen LogP contribution in [0.3, 0.4) is 0 Å². The Hall–Kier alpha value is -1.06. The van der Waals surface area contributed by atoms with Gasteiger partial charge in [0.15, 0.2) is 0 Å². The Kier molecular flexibility index (Phi) is 4.16. The lowest BCUT2D eigenvalue weighted by Crippen LogP contribution is -2.18. The summed E-state index contributed by atoms with van der Waals surface area (Å²) in [6.07, 6.45) is 1.70. The van der Waals surface area contributed by atoms with E-state index in [2.05, 4.69) is 66.3 Å². The Morgan fingerprint density at radius 2 is 1.74 bits per heavy atom. The number of nitrogens with one attached hydrogen (secondary N) is 1.